The molecular weight excluding hydrogens is 323 g/mol. The van der Waals surface area contributed by atoms with Gasteiger partial charge in [-0.25, -0.2) is 4.99 Å². The summed E-state index contributed by atoms with van der Waals surface area (Å²) >= 11 is 0. The molecule has 1 saturated carbocycles. The summed E-state index contributed by atoms with van der Waals surface area (Å²) in [5.74, 6) is -3.29. The number of nitrogens with two attached hydrogens (primary N) is 2. The van der Waals surface area contributed by atoms with E-state index in [-0.39, 0.29) is 53.8 Å². The fourth-order valence-electron chi connectivity index (χ4n) is 3.63. The predicted octanol–water partition coefficient (Wildman–Crippen LogP) is -4.68. The molecule has 1 aliphatic rings. The van der Waals surface area contributed by atoms with Gasteiger partial charge in [0.05, 0.1) is 12.1 Å². The van der Waals surface area contributed by atoms with Crippen molar-refractivity contribution in [2.75, 3.05) is 0 Å². The topological polar surface area (TPSA) is 154 Å². The number of nitrogens with zero attached hydrogens (tertiary/aromatic N) is 1. The van der Waals surface area contributed by atoms with Crippen molar-refractivity contribution >= 4 is 17.8 Å². The second-order valence-electron chi connectivity index (χ2n) is 6.15. The zero-order chi connectivity index (χ0) is 17.7. The minimum absolute atomic E-state index is 0. The Labute approximate surface area is 164 Å². The number of rotatable bonds is 7. The average molecular weight is 350 g/mol. The molecule has 0 aromatic heterocycles. The van der Waals surface area contributed by atoms with Gasteiger partial charge in [0.2, 0.25) is 5.91 Å². The molecule has 0 radical (unpaired) electrons. The third-order valence-electron chi connectivity index (χ3n) is 4.71. The summed E-state index contributed by atoms with van der Waals surface area (Å²) in [5, 5.41) is 24.6. The Balaban J connectivity index is 0.00000529. The van der Waals surface area contributed by atoms with Gasteiger partial charge >= 0.3 is 29.6 Å². The van der Waals surface area contributed by atoms with Gasteiger partial charge in [-0.15, -0.1) is 0 Å². The Morgan fingerprint density at radius 2 is 1.88 bits per heavy atom. The van der Waals surface area contributed by atoms with Crippen LogP contribution < -0.4 is 51.4 Å². The summed E-state index contributed by atoms with van der Waals surface area (Å²) in [6.07, 6.45) is 0.456. The molecule has 0 aromatic rings. The van der Waals surface area contributed by atoms with E-state index in [0.29, 0.717) is 0 Å². The largest absolute Gasteiger partial charge is 1.00 e. The molecule has 5 atom stereocenters. The predicted molar refractivity (Wildman–Crippen MR) is 83.9 cm³/mol. The van der Waals surface area contributed by atoms with Gasteiger partial charge in [-0.3, -0.25) is 4.79 Å². The molecule has 24 heavy (non-hydrogen) atoms. The van der Waals surface area contributed by atoms with Crippen LogP contribution in [0.3, 0.4) is 0 Å². The Bertz CT molecular complexity index is 466. The van der Waals surface area contributed by atoms with Crippen molar-refractivity contribution < 1.29 is 49.4 Å². The van der Waals surface area contributed by atoms with Crippen LogP contribution in [0.25, 0.3) is 0 Å². The van der Waals surface area contributed by atoms with E-state index in [9.17, 15) is 19.8 Å². The monoisotopic (exact) mass is 350 g/mol. The summed E-state index contributed by atoms with van der Waals surface area (Å²) in [7, 11) is 0. The first-order valence-corrected chi connectivity index (χ1v) is 7.97. The van der Waals surface area contributed by atoms with Crippen molar-refractivity contribution in [2.24, 2.45) is 34.2 Å². The van der Waals surface area contributed by atoms with Gasteiger partial charge in [-0.2, -0.15) is 0 Å². The number of aliphatic hydroxyl groups is 1. The fraction of sp³-hybridized carbons (Fsp3) is 0.800. The molecule has 0 unspecified atom stereocenters. The number of hydrogen-bond donors (Lipinski definition) is 4. The zero-order valence-electron chi connectivity index (χ0n) is 14.9. The minimum Gasteiger partial charge on any atom is -0.550 e. The number of carbonyl (C=O) groups is 2. The van der Waals surface area contributed by atoms with Gasteiger partial charge in [-0.1, -0.05) is 26.7 Å². The van der Waals surface area contributed by atoms with Gasteiger partial charge in [0.15, 0.2) is 5.96 Å². The van der Waals surface area contributed by atoms with Crippen LogP contribution in [0, 0.1) is 17.8 Å². The molecule has 8 nitrogen and oxygen atoms in total. The number of guanidine groups is 1. The molecule has 1 fully saturated rings. The fourth-order valence-corrected chi connectivity index (χ4v) is 3.63. The molecule has 9 heteroatoms. The number of aliphatic imine (C=N–C) groups is 1. The van der Waals surface area contributed by atoms with E-state index in [1.54, 1.807) is 0 Å². The summed E-state index contributed by atoms with van der Waals surface area (Å²) < 4.78 is 0. The number of carbonyl (C=O) groups excluding carboxylic acids is 2. The van der Waals surface area contributed by atoms with Crippen LogP contribution in [-0.4, -0.2) is 41.1 Å². The number of nitrogens with one attached hydrogen (secondary N) is 1. The van der Waals surface area contributed by atoms with Gasteiger partial charge in [0, 0.05) is 30.8 Å². The molecule has 1 amide bonds. The van der Waals surface area contributed by atoms with E-state index >= 15 is 0 Å². The Morgan fingerprint density at radius 1 is 1.33 bits per heavy atom. The maximum atomic E-state index is 11.6. The van der Waals surface area contributed by atoms with Crippen LogP contribution >= 0.6 is 0 Å². The van der Waals surface area contributed by atoms with E-state index in [2.05, 4.69) is 10.3 Å². The molecule has 0 bridgehead atoms. The van der Waals surface area contributed by atoms with Crippen molar-refractivity contribution in [3.05, 3.63) is 0 Å². The molecule has 0 aromatic carbocycles. The van der Waals surface area contributed by atoms with Gasteiger partial charge < -0.3 is 31.8 Å². The summed E-state index contributed by atoms with van der Waals surface area (Å²) in [4.78, 5) is 27.0. The molecule has 1 aliphatic carbocycles. The Kier molecular flexibility index (Phi) is 9.87. The number of hydrogen-bond acceptors (Lipinski definition) is 5. The normalized spacial score (nSPS) is 27.2. The van der Waals surface area contributed by atoms with Crippen LogP contribution in [0.2, 0.25) is 0 Å². The third-order valence-corrected chi connectivity index (χ3v) is 4.71. The van der Waals surface area contributed by atoms with Crippen LogP contribution in [0.1, 0.15) is 40.0 Å². The number of amides is 1. The first kappa shape index (κ1) is 23.2. The maximum absolute atomic E-state index is 11.6. The van der Waals surface area contributed by atoms with E-state index in [1.165, 1.54) is 6.92 Å². The van der Waals surface area contributed by atoms with Crippen LogP contribution in [0.5, 0.6) is 0 Å². The molecule has 132 valence electrons. The third kappa shape index (κ3) is 5.61. The Hall–Kier alpha value is -0.830. The smallest absolute Gasteiger partial charge is 0.550 e. The van der Waals surface area contributed by atoms with Gasteiger partial charge in [0.25, 0.3) is 0 Å². The quantitative estimate of drug-likeness (QED) is 0.206. The van der Waals surface area contributed by atoms with E-state index in [4.69, 9.17) is 11.5 Å². The van der Waals surface area contributed by atoms with E-state index < -0.39 is 36.0 Å². The SMILES string of the molecule is CCC(CC)[C@H](NC(C)=O)[C@@H]1[C@H](O)[C@@H](C(=O)[O-])C[C@H]1N=C(N)N.[Na+]. The van der Waals surface area contributed by atoms with Crippen molar-refractivity contribution in [2.45, 2.75) is 58.2 Å². The van der Waals surface area contributed by atoms with Crippen molar-refractivity contribution in [3.63, 3.8) is 0 Å². The number of carboxylic acids is 1. The Morgan fingerprint density at radius 3 is 2.25 bits per heavy atom. The molecule has 0 saturated heterocycles. The molecule has 1 rings (SSSR count). The van der Waals surface area contributed by atoms with Crippen molar-refractivity contribution in [1.29, 1.82) is 0 Å². The number of aliphatic carboxylic acids is 1. The second kappa shape index (κ2) is 10.2. The van der Waals surface area contributed by atoms with Gasteiger partial charge in [0.1, 0.15) is 0 Å². The van der Waals surface area contributed by atoms with Crippen molar-refractivity contribution in [1.82, 2.24) is 5.32 Å². The second-order valence-corrected chi connectivity index (χ2v) is 6.15. The van der Waals surface area contributed by atoms with Gasteiger partial charge in [-0.05, 0) is 12.3 Å². The standard InChI is InChI=1S/C15H28N4O4.Na/c1-4-8(5-2)12(18-7(3)20)11-10(19-15(16)17)6-9(13(11)21)14(22)23;/h8-13,21H,4-6H2,1-3H3,(H,18,20)(H,22,23)(H4,16,17,19);/q;+1/p-1/t9-,10+,11+,12-,13+;/m0./s1. The molecule has 0 aliphatic heterocycles. The maximum Gasteiger partial charge on any atom is 1.00 e. The average Bonchev–Trinajstić information content (AvgIpc) is 2.74. The van der Waals surface area contributed by atoms with E-state index in [1.807, 2.05) is 13.8 Å². The first-order chi connectivity index (χ1) is 10.7. The van der Waals surface area contributed by atoms with E-state index in [0.717, 1.165) is 12.8 Å². The molecular formula is C15H27N4NaO4. The summed E-state index contributed by atoms with van der Waals surface area (Å²) in [6, 6.07) is -0.981. The zero-order valence-corrected chi connectivity index (χ0v) is 16.9. The minimum atomic E-state index is -1.33. The number of carboxylic acid groups (broad SMARTS) is 1. The van der Waals surface area contributed by atoms with Crippen LogP contribution in [0.4, 0.5) is 0 Å². The summed E-state index contributed by atoms with van der Waals surface area (Å²) in [5.41, 5.74) is 10.9. The summed E-state index contributed by atoms with van der Waals surface area (Å²) in [6.45, 7) is 5.36. The molecule has 0 heterocycles. The molecule has 6 N–H and O–H groups in total. The van der Waals surface area contributed by atoms with Crippen LogP contribution in [-0.2, 0) is 9.59 Å². The number of aliphatic hydroxyl groups excluding tert-OH is 1. The van der Waals surface area contributed by atoms with Crippen LogP contribution in [0.15, 0.2) is 4.99 Å². The molecule has 0 spiro atoms. The first-order valence-electron chi connectivity index (χ1n) is 7.97. The van der Waals surface area contributed by atoms with Crippen molar-refractivity contribution in [3.8, 4) is 0 Å².